The topological polar surface area (TPSA) is 826 Å². The van der Waals surface area contributed by atoms with Crippen molar-refractivity contribution in [2.75, 3.05) is 0 Å². The zero-order valence-corrected chi connectivity index (χ0v) is 51.8. The summed E-state index contributed by atoms with van der Waals surface area (Å²) in [4.78, 5) is 74.5. The van der Waals surface area contributed by atoms with Crippen molar-refractivity contribution in [1.29, 1.82) is 0 Å². The molecule has 94 heavy (non-hydrogen) atoms. The quantitative estimate of drug-likeness (QED) is 0.101. The summed E-state index contributed by atoms with van der Waals surface area (Å²) in [5.74, 6) is -5.62. The van der Waals surface area contributed by atoms with Crippen molar-refractivity contribution in [3.63, 3.8) is 0 Å². The van der Waals surface area contributed by atoms with Crippen molar-refractivity contribution in [1.82, 2.24) is 39.9 Å². The first-order chi connectivity index (χ1) is 35.1. The van der Waals surface area contributed by atoms with Crippen molar-refractivity contribution in [3.05, 3.63) is 266 Å². The number of hydrogen-bond acceptors (Lipinski definition) is 20. The number of hydrogen-bond donors (Lipinski definition) is 0. The summed E-state index contributed by atoms with van der Waals surface area (Å²) in [7, 11) is 0. The molecule has 0 aliphatic rings. The molecule has 4 radical (unpaired) electrons. The van der Waals surface area contributed by atoms with Gasteiger partial charge in [0.15, 0.2) is 0 Å². The second-order valence-corrected chi connectivity index (χ2v) is 14.0. The van der Waals surface area contributed by atoms with Crippen LogP contribution in [0.25, 0.3) is 45.6 Å². The second kappa shape index (κ2) is 76.3. The van der Waals surface area contributed by atoms with Gasteiger partial charge in [-0.1, -0.05) is 84.9 Å². The van der Waals surface area contributed by atoms with Crippen molar-refractivity contribution in [2.24, 2.45) is 0 Å². The number of carboxylic acids is 4. The van der Waals surface area contributed by atoms with Crippen LogP contribution in [-0.4, -0.2) is 157 Å². The van der Waals surface area contributed by atoms with Gasteiger partial charge in [-0.25, -0.2) is 0 Å². The molecule has 38 heteroatoms. The van der Waals surface area contributed by atoms with Crippen molar-refractivity contribution in [2.45, 2.75) is 0 Å². The molecule has 34 nitrogen and oxygen atoms in total. The molecule has 0 aliphatic carbocycles. The van der Waals surface area contributed by atoms with Crippen LogP contribution < -0.4 is 20.4 Å². The average molecular weight is 1530 g/mol. The predicted octanol–water partition coefficient (Wildman–Crippen LogP) is -6.96. The summed E-state index contributed by atoms with van der Waals surface area (Å²) in [6.07, 6.45) is 14.1. The molecule has 0 aliphatic heterocycles. The molecule has 0 saturated carbocycles. The molecule has 0 atom stereocenters. The van der Waals surface area contributed by atoms with E-state index in [4.69, 9.17) is 0 Å². The van der Waals surface area contributed by atoms with E-state index in [-0.39, 0.29) is 189 Å². The fourth-order valence-electron chi connectivity index (χ4n) is 5.66. The van der Waals surface area contributed by atoms with E-state index in [9.17, 15) is 39.6 Å². The summed E-state index contributed by atoms with van der Waals surface area (Å²) in [5.41, 5.74) is 6.64. The number of carbonyl (C=O) groups excluding carboxylic acids is 4. The molecular formula is C56H73Cu4N8O26+. The Hall–Kier alpha value is -9.12. The molecule has 0 unspecified atom stereocenters. The van der Waals surface area contributed by atoms with Gasteiger partial charge in [0.2, 0.25) is 0 Å². The zero-order chi connectivity index (χ0) is 51.2. The number of aromatic carboxylic acids is 4. The minimum atomic E-state index is -1.40. The van der Waals surface area contributed by atoms with E-state index in [1.807, 2.05) is 146 Å². The third-order valence-corrected chi connectivity index (χ3v) is 9.04. The van der Waals surface area contributed by atoms with Crippen molar-refractivity contribution in [3.8, 4) is 45.6 Å². The number of aromatic nitrogens is 8. The maximum absolute atomic E-state index is 10.3. The predicted molar refractivity (Wildman–Crippen MR) is 320 cm³/mol. The molecule has 2 aromatic carbocycles. The molecule has 10 aromatic rings. The Morgan fingerprint density at radius 2 is 0.330 bits per heavy atom. The van der Waals surface area contributed by atoms with Gasteiger partial charge < -0.3 is 138 Å². The van der Waals surface area contributed by atoms with Gasteiger partial charge in [-0.2, -0.15) is 0 Å². The largest absolute Gasteiger partial charge is 2.00 e. The summed E-state index contributed by atoms with van der Waals surface area (Å²) < 4.78 is 0. The molecule has 0 amide bonds. The second-order valence-electron chi connectivity index (χ2n) is 14.0. The number of carboxylic acid groups (broad SMARTS) is 4. The number of benzene rings is 2. The minimum Gasteiger partial charge on any atom is -0.870 e. The molecule has 8 aromatic heterocycles. The van der Waals surface area contributed by atoms with Crippen LogP contribution in [0.15, 0.2) is 244 Å². The first-order valence-corrected chi connectivity index (χ1v) is 21.4. The monoisotopic (exact) mass is 1530 g/mol. The normalized spacial score (nSPS) is 7.32. The van der Waals surface area contributed by atoms with Crippen LogP contribution in [0.2, 0.25) is 0 Å². The Bertz CT molecular complexity index is 2660. The van der Waals surface area contributed by atoms with Crippen LogP contribution in [0.1, 0.15) is 41.4 Å². The molecule has 0 bridgehead atoms. The van der Waals surface area contributed by atoms with E-state index >= 15 is 0 Å². The van der Waals surface area contributed by atoms with Crippen molar-refractivity contribution < 1.29 is 206 Å². The van der Waals surface area contributed by atoms with E-state index in [1.165, 1.54) is 36.4 Å². The number of carbonyl (C=O) groups is 4. The van der Waals surface area contributed by atoms with Crippen LogP contribution >= 0.6 is 0 Å². The molecule has 0 fully saturated rings. The van der Waals surface area contributed by atoms with Gasteiger partial charge in [-0.3, -0.25) is 39.9 Å². The summed E-state index contributed by atoms with van der Waals surface area (Å²) in [6, 6.07) is 56.0. The number of pyridine rings is 8. The SMILES string of the molecule is O.O.O.O.O.O.O.O.O.O.O.O.O.O=C([O-])c1cccc(C(=O)[O-])c1.O=C([O-])c1cccc(C(=O)[O-])c1.[Cu+2].[Cu+2].[Cu+2].[Cu+2].[OH-].[OH-].[OH-].[OH-].[OH3+].c1ccc(-c2ccccn2)nc1.c1ccc(-c2ccccn2)nc1.c1ccc(-c2ccccn2)nc1.c1ccc(-c2ccccn2)nc1. The van der Waals surface area contributed by atoms with Gasteiger partial charge in [-0.15, -0.1) is 0 Å². The van der Waals surface area contributed by atoms with E-state index in [1.54, 1.807) is 49.6 Å². The maximum Gasteiger partial charge on any atom is 2.00 e. The third-order valence-electron chi connectivity index (χ3n) is 9.04. The van der Waals surface area contributed by atoms with Crippen LogP contribution in [0.3, 0.4) is 0 Å². The first-order valence-electron chi connectivity index (χ1n) is 21.4. The van der Waals surface area contributed by atoms with Gasteiger partial charge in [0.25, 0.3) is 0 Å². The van der Waals surface area contributed by atoms with Crippen LogP contribution in [0.4, 0.5) is 0 Å². The van der Waals surface area contributed by atoms with Crippen LogP contribution in [0, 0.1) is 0 Å². The Morgan fingerprint density at radius 3 is 0.415 bits per heavy atom. The standard InChI is InChI=1S/4C10H8N2.2C8H6O4.4Cu.18H2O/c4*1-3-7-11-9(5-1)10-6-2-4-8-12-10;2*9-7(10)5-2-1-3-6(4-5)8(11)12;;;;;;;;;;;;;;;;;;;;;;/h4*1-8H;2*1-4H,(H,9,10)(H,11,12);;;;;18*1H2/q;;;;;;4*+2;;;;;;;;;;;;;;;;;;/p-7. The number of nitrogens with zero attached hydrogens (tertiary/aromatic N) is 8. The maximum atomic E-state index is 10.3. The van der Waals surface area contributed by atoms with Crippen LogP contribution in [-0.2, 0) is 73.8 Å². The Balaban J connectivity index is -0.0000000440. The minimum absolute atomic E-state index is 0. The van der Waals surface area contributed by atoms with Gasteiger partial charge >= 0.3 is 68.3 Å². The van der Waals surface area contributed by atoms with Gasteiger partial charge in [0.1, 0.15) is 0 Å². The Morgan fingerprint density at radius 1 is 0.213 bits per heavy atom. The number of rotatable bonds is 8. The van der Waals surface area contributed by atoms with Gasteiger partial charge in [0.05, 0.1) is 69.4 Å². The van der Waals surface area contributed by atoms with E-state index in [2.05, 4.69) is 39.9 Å². The van der Waals surface area contributed by atoms with Crippen LogP contribution in [0.5, 0.6) is 0 Å². The molecular weight excluding hydrogens is 1450 g/mol. The molecule has 536 valence electrons. The van der Waals surface area contributed by atoms with Gasteiger partial charge in [-0.05, 0) is 131 Å². The molecule has 0 spiro atoms. The van der Waals surface area contributed by atoms with E-state index < -0.39 is 23.9 Å². The summed E-state index contributed by atoms with van der Waals surface area (Å²) in [5, 5.41) is 41.0. The first kappa shape index (κ1) is 134. The van der Waals surface area contributed by atoms with E-state index in [0.717, 1.165) is 57.7 Å². The average Bonchev–Trinajstić information content (AvgIpc) is 2.20. The summed E-state index contributed by atoms with van der Waals surface area (Å²) >= 11 is 0. The third kappa shape index (κ3) is 48.6. The molecule has 8 heterocycles. The molecule has 10 rings (SSSR count). The molecule has 33 N–H and O–H groups in total. The fourth-order valence-corrected chi connectivity index (χ4v) is 5.66. The zero-order valence-electron chi connectivity index (χ0n) is 48.0. The van der Waals surface area contributed by atoms with E-state index in [0.29, 0.717) is 0 Å². The smallest absolute Gasteiger partial charge is 0.870 e. The fraction of sp³-hybridized carbons (Fsp3) is 0. The van der Waals surface area contributed by atoms with Gasteiger partial charge in [0, 0.05) is 49.6 Å². The van der Waals surface area contributed by atoms with Crippen molar-refractivity contribution >= 4 is 23.9 Å². The molecule has 0 saturated heterocycles. The Kier molecular flexibility index (Phi) is 108. The summed E-state index contributed by atoms with van der Waals surface area (Å²) in [6.45, 7) is 0. The Labute approximate surface area is 578 Å².